The molecule has 0 bridgehead atoms. The second-order valence-electron chi connectivity index (χ2n) is 5.53. The molecule has 1 rings (SSSR count). The quantitative estimate of drug-likeness (QED) is 0.685. The van der Waals surface area contributed by atoms with Crippen LogP contribution < -0.4 is 0 Å². The third kappa shape index (κ3) is 3.71. The summed E-state index contributed by atoms with van der Waals surface area (Å²) in [5, 5.41) is 0. The van der Waals surface area contributed by atoms with Crippen molar-refractivity contribution in [1.82, 2.24) is 4.90 Å². The molecule has 0 spiro atoms. The molecule has 0 aromatic rings. The van der Waals surface area contributed by atoms with Crippen molar-refractivity contribution in [2.24, 2.45) is 11.3 Å². The van der Waals surface area contributed by atoms with Gasteiger partial charge in [0.15, 0.2) is 0 Å². The Morgan fingerprint density at radius 2 is 2.00 bits per heavy atom. The standard InChI is InChI=1S/C12H23NOS/c1-12(2,3)10-5-4-7-13(8-6-10)11(14)9-15/h10,15H,4-9H2,1-3H3. The fourth-order valence-electron chi connectivity index (χ4n) is 2.31. The molecule has 88 valence electrons. The molecule has 3 heteroatoms. The van der Waals surface area contributed by atoms with Crippen molar-refractivity contribution in [3.8, 4) is 0 Å². The monoisotopic (exact) mass is 229 g/mol. The van der Waals surface area contributed by atoms with E-state index in [0.717, 1.165) is 31.8 Å². The van der Waals surface area contributed by atoms with Gasteiger partial charge in [0.2, 0.25) is 5.91 Å². The molecule has 15 heavy (non-hydrogen) atoms. The van der Waals surface area contributed by atoms with Gasteiger partial charge >= 0.3 is 0 Å². The Morgan fingerprint density at radius 3 is 2.53 bits per heavy atom. The van der Waals surface area contributed by atoms with Crippen LogP contribution in [0.1, 0.15) is 40.0 Å². The first kappa shape index (κ1) is 12.9. The van der Waals surface area contributed by atoms with Gasteiger partial charge in [0.1, 0.15) is 0 Å². The van der Waals surface area contributed by atoms with Crippen LogP contribution in [0.3, 0.4) is 0 Å². The van der Waals surface area contributed by atoms with E-state index in [0.29, 0.717) is 11.2 Å². The number of carbonyl (C=O) groups is 1. The Hall–Kier alpha value is -0.180. The van der Waals surface area contributed by atoms with Gasteiger partial charge < -0.3 is 4.90 Å². The molecule has 1 fully saturated rings. The molecule has 0 aromatic heterocycles. The van der Waals surface area contributed by atoms with Gasteiger partial charge in [-0.1, -0.05) is 20.8 Å². The Labute approximate surface area is 98.8 Å². The molecule has 0 N–H and O–H groups in total. The van der Waals surface area contributed by atoms with E-state index in [9.17, 15) is 4.79 Å². The van der Waals surface area contributed by atoms with E-state index in [1.165, 1.54) is 6.42 Å². The highest BCUT2D eigenvalue weighted by Gasteiger charge is 2.27. The highest BCUT2D eigenvalue weighted by molar-refractivity contribution is 7.81. The van der Waals surface area contributed by atoms with Crippen molar-refractivity contribution in [3.05, 3.63) is 0 Å². The van der Waals surface area contributed by atoms with Crippen LogP contribution in [0.2, 0.25) is 0 Å². The van der Waals surface area contributed by atoms with E-state index in [1.54, 1.807) is 0 Å². The average molecular weight is 229 g/mol. The zero-order valence-corrected chi connectivity index (χ0v) is 11.0. The van der Waals surface area contributed by atoms with Crippen molar-refractivity contribution in [2.45, 2.75) is 40.0 Å². The maximum Gasteiger partial charge on any atom is 0.232 e. The van der Waals surface area contributed by atoms with E-state index in [4.69, 9.17) is 0 Å². The van der Waals surface area contributed by atoms with Gasteiger partial charge in [-0.25, -0.2) is 0 Å². The van der Waals surface area contributed by atoms with Crippen LogP contribution in [-0.4, -0.2) is 29.6 Å². The van der Waals surface area contributed by atoms with Crippen molar-refractivity contribution in [1.29, 1.82) is 0 Å². The maximum absolute atomic E-state index is 11.5. The van der Waals surface area contributed by atoms with Crippen molar-refractivity contribution >= 4 is 18.5 Å². The summed E-state index contributed by atoms with van der Waals surface area (Å²) in [5.41, 5.74) is 0.375. The lowest BCUT2D eigenvalue weighted by Crippen LogP contribution is -2.33. The largest absolute Gasteiger partial charge is 0.342 e. The molecule has 1 atom stereocenters. The van der Waals surface area contributed by atoms with Crippen molar-refractivity contribution in [3.63, 3.8) is 0 Å². The molecule has 1 amide bonds. The number of likely N-dealkylation sites (tertiary alicyclic amines) is 1. The van der Waals surface area contributed by atoms with Crippen LogP contribution in [0.5, 0.6) is 0 Å². The number of hydrogen-bond acceptors (Lipinski definition) is 2. The summed E-state index contributed by atoms with van der Waals surface area (Å²) in [6.07, 6.45) is 3.53. The van der Waals surface area contributed by atoms with Crippen LogP contribution in [0, 0.1) is 11.3 Å². The highest BCUT2D eigenvalue weighted by Crippen LogP contribution is 2.34. The predicted molar refractivity (Wildman–Crippen MR) is 67.2 cm³/mol. The number of hydrogen-bond donors (Lipinski definition) is 1. The highest BCUT2D eigenvalue weighted by atomic mass is 32.1. The van der Waals surface area contributed by atoms with E-state index in [-0.39, 0.29) is 5.91 Å². The molecule has 1 aliphatic heterocycles. The van der Waals surface area contributed by atoms with E-state index in [2.05, 4.69) is 33.4 Å². The molecule has 1 saturated heterocycles. The van der Waals surface area contributed by atoms with Gasteiger partial charge in [-0.2, -0.15) is 12.6 Å². The van der Waals surface area contributed by atoms with Gasteiger partial charge in [0, 0.05) is 13.1 Å². The maximum atomic E-state index is 11.5. The first-order valence-corrected chi connectivity index (χ1v) is 6.47. The SMILES string of the molecule is CC(C)(C)C1CCCN(C(=O)CS)CC1. The third-order valence-corrected chi connectivity index (χ3v) is 3.71. The Kier molecular flexibility index (Phi) is 4.50. The van der Waals surface area contributed by atoms with E-state index < -0.39 is 0 Å². The molecule has 2 nitrogen and oxygen atoms in total. The zero-order chi connectivity index (χ0) is 11.5. The summed E-state index contributed by atoms with van der Waals surface area (Å²) < 4.78 is 0. The minimum Gasteiger partial charge on any atom is -0.342 e. The topological polar surface area (TPSA) is 20.3 Å². The Bertz CT molecular complexity index is 222. The summed E-state index contributed by atoms with van der Waals surface area (Å²) in [6, 6.07) is 0. The second kappa shape index (κ2) is 5.24. The molecule has 0 saturated carbocycles. The predicted octanol–water partition coefficient (Wildman–Crippen LogP) is 2.59. The minimum atomic E-state index is 0.188. The molecule has 1 unspecified atom stereocenters. The van der Waals surface area contributed by atoms with Gasteiger partial charge in [-0.15, -0.1) is 0 Å². The molecule has 0 aromatic carbocycles. The van der Waals surface area contributed by atoms with Gasteiger partial charge in [-0.05, 0) is 30.6 Å². The lowest BCUT2D eigenvalue weighted by atomic mass is 9.77. The second-order valence-corrected chi connectivity index (χ2v) is 5.85. The smallest absolute Gasteiger partial charge is 0.232 e. The normalized spacial score (nSPS) is 23.7. The number of amides is 1. The lowest BCUT2D eigenvalue weighted by Gasteiger charge is -2.29. The molecular formula is C12H23NOS. The Balaban J connectivity index is 2.52. The van der Waals surface area contributed by atoms with Gasteiger partial charge in [-0.3, -0.25) is 4.79 Å². The summed E-state index contributed by atoms with van der Waals surface area (Å²) in [7, 11) is 0. The first-order chi connectivity index (χ1) is 6.95. The summed E-state index contributed by atoms with van der Waals surface area (Å²) >= 11 is 4.05. The van der Waals surface area contributed by atoms with Crippen LogP contribution in [0.15, 0.2) is 0 Å². The summed E-state index contributed by atoms with van der Waals surface area (Å²) in [6.45, 7) is 8.74. The Morgan fingerprint density at radius 1 is 1.33 bits per heavy atom. The fourth-order valence-corrected chi connectivity index (χ4v) is 2.51. The van der Waals surface area contributed by atoms with Crippen molar-refractivity contribution in [2.75, 3.05) is 18.8 Å². The van der Waals surface area contributed by atoms with Gasteiger partial charge in [0.05, 0.1) is 5.75 Å². The van der Waals surface area contributed by atoms with Crippen LogP contribution in [0.25, 0.3) is 0 Å². The number of rotatable bonds is 1. The summed E-state index contributed by atoms with van der Waals surface area (Å²) in [5.74, 6) is 1.28. The van der Waals surface area contributed by atoms with E-state index in [1.807, 2.05) is 4.90 Å². The molecule has 1 aliphatic rings. The van der Waals surface area contributed by atoms with Crippen LogP contribution in [0.4, 0.5) is 0 Å². The number of thiol groups is 1. The average Bonchev–Trinajstić information content (AvgIpc) is 2.40. The lowest BCUT2D eigenvalue weighted by molar-refractivity contribution is -0.128. The summed E-state index contributed by atoms with van der Waals surface area (Å²) in [4.78, 5) is 13.5. The van der Waals surface area contributed by atoms with Crippen molar-refractivity contribution < 1.29 is 4.79 Å². The van der Waals surface area contributed by atoms with E-state index >= 15 is 0 Å². The zero-order valence-electron chi connectivity index (χ0n) is 10.1. The molecular weight excluding hydrogens is 206 g/mol. The van der Waals surface area contributed by atoms with Crippen LogP contribution in [-0.2, 0) is 4.79 Å². The number of nitrogens with zero attached hydrogens (tertiary/aromatic N) is 1. The third-order valence-electron chi connectivity index (χ3n) is 3.44. The van der Waals surface area contributed by atoms with Gasteiger partial charge in [0.25, 0.3) is 0 Å². The molecule has 0 radical (unpaired) electrons. The molecule has 1 heterocycles. The minimum absolute atomic E-state index is 0.188. The first-order valence-electron chi connectivity index (χ1n) is 5.84. The number of carbonyl (C=O) groups excluding carboxylic acids is 1. The fraction of sp³-hybridized carbons (Fsp3) is 0.917. The van der Waals surface area contributed by atoms with Crippen LogP contribution >= 0.6 is 12.6 Å². The molecule has 0 aliphatic carbocycles.